The van der Waals surface area contributed by atoms with Crippen LogP contribution in [-0.2, 0) is 13.0 Å². The summed E-state index contributed by atoms with van der Waals surface area (Å²) in [6.07, 6.45) is 4.04. The number of aryl methyl sites for hydroxylation is 2. The largest absolute Gasteiger partial charge is 0.395 e. The van der Waals surface area contributed by atoms with E-state index in [1.165, 1.54) is 10.9 Å². The van der Waals surface area contributed by atoms with Crippen molar-refractivity contribution in [3.8, 4) is 0 Å². The van der Waals surface area contributed by atoms with Gasteiger partial charge in [0.1, 0.15) is 0 Å². The number of nitrogens with two attached hydrogens (primary N) is 1. The Labute approximate surface area is 112 Å². The zero-order valence-electron chi connectivity index (χ0n) is 10.6. The smallest absolute Gasteiger partial charge is 0.0610 e. The number of hydrogen-bond donors (Lipinski definition) is 2. The van der Waals surface area contributed by atoms with Gasteiger partial charge in [0, 0.05) is 28.7 Å². The summed E-state index contributed by atoms with van der Waals surface area (Å²) < 4.78 is 2.06. The average molecular weight is 267 g/mol. The second kappa shape index (κ2) is 5.74. The minimum atomic E-state index is 0.131. The van der Waals surface area contributed by atoms with Crippen molar-refractivity contribution in [3.05, 3.63) is 34.5 Å². The first-order valence-corrected chi connectivity index (χ1v) is 6.64. The maximum absolute atomic E-state index is 9.11. The van der Waals surface area contributed by atoms with Gasteiger partial charge >= 0.3 is 0 Å². The van der Waals surface area contributed by atoms with Crippen LogP contribution in [-0.4, -0.2) is 22.8 Å². The maximum atomic E-state index is 9.11. The quantitative estimate of drug-likeness (QED) is 0.874. The third-order valence-corrected chi connectivity index (χ3v) is 3.64. The SMILES string of the molecule is Cc1cc2c(CCCN)cn(CCO)c2cc1Cl. The lowest BCUT2D eigenvalue weighted by atomic mass is 10.1. The first-order valence-electron chi connectivity index (χ1n) is 6.26. The number of hydrogen-bond acceptors (Lipinski definition) is 2. The monoisotopic (exact) mass is 266 g/mol. The molecule has 0 atom stereocenters. The van der Waals surface area contributed by atoms with Gasteiger partial charge in [0.25, 0.3) is 0 Å². The highest BCUT2D eigenvalue weighted by molar-refractivity contribution is 6.32. The molecule has 1 heterocycles. The Balaban J connectivity index is 2.53. The van der Waals surface area contributed by atoms with Crippen LogP contribution < -0.4 is 5.73 Å². The molecule has 0 unspecified atom stereocenters. The molecule has 0 aliphatic heterocycles. The Hall–Kier alpha value is -1.03. The Bertz CT molecular complexity index is 548. The van der Waals surface area contributed by atoms with Crippen LogP contribution in [0.4, 0.5) is 0 Å². The summed E-state index contributed by atoms with van der Waals surface area (Å²) >= 11 is 6.18. The highest BCUT2D eigenvalue weighted by Crippen LogP contribution is 2.28. The first kappa shape index (κ1) is 13.4. The molecule has 0 radical (unpaired) electrons. The second-order valence-corrected chi connectivity index (χ2v) is 4.99. The van der Waals surface area contributed by atoms with Gasteiger partial charge in [-0.1, -0.05) is 11.6 Å². The Morgan fingerprint density at radius 2 is 2.17 bits per heavy atom. The van der Waals surface area contributed by atoms with Gasteiger partial charge < -0.3 is 15.4 Å². The molecule has 0 saturated carbocycles. The van der Waals surface area contributed by atoms with Crippen LogP contribution in [0.15, 0.2) is 18.3 Å². The van der Waals surface area contributed by atoms with E-state index < -0.39 is 0 Å². The van der Waals surface area contributed by atoms with Crippen LogP contribution in [0.2, 0.25) is 5.02 Å². The molecule has 18 heavy (non-hydrogen) atoms. The van der Waals surface area contributed by atoms with Crippen molar-refractivity contribution in [2.24, 2.45) is 5.73 Å². The third-order valence-electron chi connectivity index (χ3n) is 3.24. The lowest BCUT2D eigenvalue weighted by molar-refractivity contribution is 0.278. The molecule has 0 aliphatic carbocycles. The number of rotatable bonds is 5. The fourth-order valence-electron chi connectivity index (χ4n) is 2.28. The maximum Gasteiger partial charge on any atom is 0.0610 e. The zero-order chi connectivity index (χ0) is 13.1. The molecular weight excluding hydrogens is 248 g/mol. The zero-order valence-corrected chi connectivity index (χ0v) is 11.4. The van der Waals surface area contributed by atoms with Crippen molar-refractivity contribution in [1.29, 1.82) is 0 Å². The summed E-state index contributed by atoms with van der Waals surface area (Å²) in [4.78, 5) is 0. The Kier molecular flexibility index (Phi) is 4.27. The van der Waals surface area contributed by atoms with E-state index in [0.29, 0.717) is 13.1 Å². The Morgan fingerprint density at radius 1 is 1.39 bits per heavy atom. The molecule has 2 aromatic rings. The number of benzene rings is 1. The summed E-state index contributed by atoms with van der Waals surface area (Å²) in [7, 11) is 0. The average Bonchev–Trinajstić information content (AvgIpc) is 2.66. The van der Waals surface area contributed by atoms with Crippen molar-refractivity contribution in [2.75, 3.05) is 13.2 Å². The second-order valence-electron chi connectivity index (χ2n) is 4.58. The van der Waals surface area contributed by atoms with Crippen molar-refractivity contribution in [2.45, 2.75) is 26.3 Å². The van der Waals surface area contributed by atoms with Crippen LogP contribution >= 0.6 is 11.6 Å². The molecule has 1 aromatic carbocycles. The number of aromatic nitrogens is 1. The van der Waals surface area contributed by atoms with E-state index in [2.05, 4.69) is 16.8 Å². The van der Waals surface area contributed by atoms with Gasteiger partial charge in [0.15, 0.2) is 0 Å². The molecule has 0 bridgehead atoms. The normalized spacial score (nSPS) is 11.3. The molecule has 3 nitrogen and oxygen atoms in total. The molecular formula is C14H19ClN2O. The minimum absolute atomic E-state index is 0.131. The number of aliphatic hydroxyl groups is 1. The highest BCUT2D eigenvalue weighted by atomic mass is 35.5. The summed E-state index contributed by atoms with van der Waals surface area (Å²) in [5.41, 5.74) is 9.03. The molecule has 0 fully saturated rings. The highest BCUT2D eigenvalue weighted by Gasteiger charge is 2.10. The van der Waals surface area contributed by atoms with Crippen LogP contribution in [0, 0.1) is 6.92 Å². The summed E-state index contributed by atoms with van der Waals surface area (Å²) in [6, 6.07) is 4.10. The number of halogens is 1. The Morgan fingerprint density at radius 3 is 2.83 bits per heavy atom. The van der Waals surface area contributed by atoms with Crippen molar-refractivity contribution in [3.63, 3.8) is 0 Å². The summed E-state index contributed by atoms with van der Waals surface area (Å²) in [5, 5.41) is 11.1. The van der Waals surface area contributed by atoms with Crippen LogP contribution in [0.3, 0.4) is 0 Å². The molecule has 0 spiro atoms. The van der Waals surface area contributed by atoms with E-state index in [-0.39, 0.29) is 6.61 Å². The molecule has 0 saturated heterocycles. The van der Waals surface area contributed by atoms with Crippen LogP contribution in [0.5, 0.6) is 0 Å². The topological polar surface area (TPSA) is 51.2 Å². The van der Waals surface area contributed by atoms with E-state index in [1.807, 2.05) is 13.0 Å². The number of fused-ring (bicyclic) bond motifs is 1. The lowest BCUT2D eigenvalue weighted by Gasteiger charge is -2.04. The van der Waals surface area contributed by atoms with E-state index in [1.54, 1.807) is 0 Å². The van der Waals surface area contributed by atoms with E-state index >= 15 is 0 Å². The molecule has 2 rings (SSSR count). The predicted molar refractivity (Wildman–Crippen MR) is 76.1 cm³/mol. The van der Waals surface area contributed by atoms with Gasteiger partial charge in [0.2, 0.25) is 0 Å². The van der Waals surface area contributed by atoms with E-state index in [9.17, 15) is 0 Å². The molecule has 0 aliphatic rings. The molecule has 3 N–H and O–H groups in total. The number of aliphatic hydroxyl groups excluding tert-OH is 1. The first-order chi connectivity index (χ1) is 8.67. The van der Waals surface area contributed by atoms with E-state index in [0.717, 1.165) is 28.9 Å². The van der Waals surface area contributed by atoms with Gasteiger partial charge in [-0.15, -0.1) is 0 Å². The van der Waals surface area contributed by atoms with E-state index in [4.69, 9.17) is 22.4 Å². The van der Waals surface area contributed by atoms with Crippen LogP contribution in [0.25, 0.3) is 10.9 Å². The molecule has 0 amide bonds. The summed E-state index contributed by atoms with van der Waals surface area (Å²) in [6.45, 7) is 3.43. The van der Waals surface area contributed by atoms with Gasteiger partial charge in [-0.3, -0.25) is 0 Å². The fourth-order valence-corrected chi connectivity index (χ4v) is 2.44. The minimum Gasteiger partial charge on any atom is -0.395 e. The van der Waals surface area contributed by atoms with Crippen molar-refractivity contribution >= 4 is 22.5 Å². The van der Waals surface area contributed by atoms with Crippen molar-refractivity contribution in [1.82, 2.24) is 4.57 Å². The summed E-state index contributed by atoms with van der Waals surface area (Å²) in [5.74, 6) is 0. The predicted octanol–water partition coefficient (Wildman–Crippen LogP) is 2.49. The van der Waals surface area contributed by atoms with Crippen LogP contribution in [0.1, 0.15) is 17.5 Å². The standard InChI is InChI=1S/C14H19ClN2O/c1-10-7-12-11(3-2-4-16)9-17(5-6-18)14(12)8-13(10)15/h7-9,18H,2-6,16H2,1H3. The molecule has 98 valence electrons. The van der Waals surface area contributed by atoms with Gasteiger partial charge in [-0.2, -0.15) is 0 Å². The molecule has 4 heteroatoms. The number of nitrogens with zero attached hydrogens (tertiary/aromatic N) is 1. The van der Waals surface area contributed by atoms with Crippen molar-refractivity contribution < 1.29 is 5.11 Å². The third kappa shape index (κ3) is 2.53. The van der Waals surface area contributed by atoms with Gasteiger partial charge in [0.05, 0.1) is 6.61 Å². The van der Waals surface area contributed by atoms with Gasteiger partial charge in [-0.05, 0) is 49.6 Å². The fraction of sp³-hybridized carbons (Fsp3) is 0.429. The molecule has 1 aromatic heterocycles. The lowest BCUT2D eigenvalue weighted by Crippen LogP contribution is -2.01. The van der Waals surface area contributed by atoms with Gasteiger partial charge in [-0.25, -0.2) is 0 Å².